The fourth-order valence-electron chi connectivity index (χ4n) is 1.92. The van der Waals surface area contributed by atoms with Gasteiger partial charge >= 0.3 is 12.3 Å². The van der Waals surface area contributed by atoms with Crippen molar-refractivity contribution < 1.29 is 31.1 Å². The molecule has 8 nitrogen and oxygen atoms in total. The van der Waals surface area contributed by atoms with Crippen LogP contribution in [-0.2, 0) is 21.2 Å². The Morgan fingerprint density at radius 1 is 1.21 bits per heavy atom. The van der Waals surface area contributed by atoms with Crippen molar-refractivity contribution in [2.75, 3.05) is 16.6 Å². The van der Waals surface area contributed by atoms with E-state index >= 15 is 0 Å². The summed E-state index contributed by atoms with van der Waals surface area (Å²) in [6.07, 6.45) is -3.34. The van der Waals surface area contributed by atoms with Gasteiger partial charge in [0.25, 0.3) is 10.0 Å². The topological polar surface area (TPSA) is 110 Å². The summed E-state index contributed by atoms with van der Waals surface area (Å²) in [5, 5.41) is 10.6. The lowest BCUT2D eigenvalue weighted by molar-refractivity contribution is -0.159. The molecule has 0 bridgehead atoms. The van der Waals surface area contributed by atoms with Gasteiger partial charge in [0.15, 0.2) is 6.61 Å². The van der Waals surface area contributed by atoms with Crippen LogP contribution in [-0.4, -0.2) is 37.5 Å². The lowest BCUT2D eigenvalue weighted by Gasteiger charge is -2.10. The van der Waals surface area contributed by atoms with Crippen LogP contribution < -0.4 is 10.0 Å². The average Bonchev–Trinajstić information content (AvgIpc) is 3.04. The smallest absolute Gasteiger partial charge is 0.422 e. The molecule has 1 heterocycles. The van der Waals surface area contributed by atoms with E-state index in [9.17, 15) is 26.4 Å². The third-order valence-corrected chi connectivity index (χ3v) is 5.59. The summed E-state index contributed by atoms with van der Waals surface area (Å²) in [6.45, 7) is 0.302. The maximum absolute atomic E-state index is 12.4. The van der Waals surface area contributed by atoms with Gasteiger partial charge in [-0.1, -0.05) is 24.7 Å². The van der Waals surface area contributed by atoms with Crippen LogP contribution >= 0.6 is 11.3 Å². The summed E-state index contributed by atoms with van der Waals surface area (Å²) < 4.78 is 67.0. The van der Waals surface area contributed by atoms with Crippen LogP contribution in [0.3, 0.4) is 0 Å². The molecule has 0 saturated carbocycles. The first kappa shape index (κ1) is 21.9. The summed E-state index contributed by atoms with van der Waals surface area (Å²) >= 11 is 1.14. The number of hydrogen-bond acceptors (Lipinski definition) is 7. The van der Waals surface area contributed by atoms with Gasteiger partial charge in [-0.2, -0.15) is 13.2 Å². The largest absolute Gasteiger partial charge is 0.440 e. The molecule has 0 fully saturated rings. The summed E-state index contributed by atoms with van der Waals surface area (Å²) in [6, 6.07) is 4.80. The molecule has 0 aliphatic carbocycles. The molecule has 2 rings (SSSR count). The van der Waals surface area contributed by atoms with E-state index in [2.05, 4.69) is 25.0 Å². The number of aromatic nitrogens is 2. The van der Waals surface area contributed by atoms with E-state index in [0.29, 0.717) is 6.42 Å². The summed E-state index contributed by atoms with van der Waals surface area (Å²) in [7, 11) is -3.93. The van der Waals surface area contributed by atoms with Crippen molar-refractivity contribution >= 4 is 38.3 Å². The number of sulfonamides is 1. The minimum absolute atomic E-state index is 0.0730. The van der Waals surface area contributed by atoms with Crippen LogP contribution in [0.25, 0.3) is 0 Å². The zero-order chi connectivity index (χ0) is 20.8. The van der Waals surface area contributed by atoms with E-state index in [1.807, 2.05) is 6.92 Å². The van der Waals surface area contributed by atoms with Crippen LogP contribution in [0.15, 0.2) is 29.2 Å². The maximum Gasteiger partial charge on any atom is 0.422 e. The predicted octanol–water partition coefficient (Wildman–Crippen LogP) is 3.79. The van der Waals surface area contributed by atoms with Gasteiger partial charge in [-0.15, -0.1) is 10.2 Å². The Bertz CT molecular complexity index is 899. The quantitative estimate of drug-likeness (QED) is 0.649. The van der Waals surface area contributed by atoms with Crippen LogP contribution in [0.1, 0.15) is 24.8 Å². The van der Waals surface area contributed by atoms with E-state index in [-0.39, 0.29) is 15.7 Å². The zero-order valence-corrected chi connectivity index (χ0v) is 16.2. The van der Waals surface area contributed by atoms with Crippen molar-refractivity contribution in [1.29, 1.82) is 0 Å². The molecule has 13 heteroatoms. The summed E-state index contributed by atoms with van der Waals surface area (Å²) in [5.74, 6) is 0. The lowest BCUT2D eigenvalue weighted by Crippen LogP contribution is -2.23. The standard InChI is InChI=1S/C15H17F3N4O4S2/c1-2-3-4-12-20-21-13(27-12)22-28(24,25)11-7-5-10(6-8-11)19-14(23)26-9-15(16,17)18/h5-8H,2-4,9H2,1H3,(H,19,23)(H,21,22). The molecular formula is C15H17F3N4O4S2. The van der Waals surface area contributed by atoms with Crippen molar-refractivity contribution in [3.05, 3.63) is 29.3 Å². The SMILES string of the molecule is CCCCc1nnc(NS(=O)(=O)c2ccc(NC(=O)OCC(F)(F)F)cc2)s1. The molecule has 28 heavy (non-hydrogen) atoms. The van der Waals surface area contributed by atoms with E-state index in [1.54, 1.807) is 0 Å². The van der Waals surface area contributed by atoms with Gasteiger partial charge in [0, 0.05) is 12.1 Å². The molecule has 1 aromatic heterocycles. The Balaban J connectivity index is 1.97. The summed E-state index contributed by atoms with van der Waals surface area (Å²) in [5.41, 5.74) is 0.0730. The van der Waals surface area contributed by atoms with Crippen LogP contribution in [0.4, 0.5) is 28.8 Å². The molecular weight excluding hydrogens is 421 g/mol. The van der Waals surface area contributed by atoms with Crippen molar-refractivity contribution in [2.24, 2.45) is 0 Å². The van der Waals surface area contributed by atoms with Crippen LogP contribution in [0.5, 0.6) is 0 Å². The molecule has 0 aliphatic rings. The normalized spacial score (nSPS) is 11.9. The Morgan fingerprint density at radius 2 is 1.89 bits per heavy atom. The Hall–Kier alpha value is -2.41. The number of hydrogen-bond donors (Lipinski definition) is 2. The highest BCUT2D eigenvalue weighted by atomic mass is 32.2. The first-order chi connectivity index (χ1) is 13.1. The Labute approximate surface area is 163 Å². The van der Waals surface area contributed by atoms with Gasteiger partial charge < -0.3 is 4.74 Å². The van der Waals surface area contributed by atoms with Crippen LogP contribution in [0.2, 0.25) is 0 Å². The van der Waals surface area contributed by atoms with Crippen molar-refractivity contribution in [3.63, 3.8) is 0 Å². The number of unbranched alkanes of at least 4 members (excludes halogenated alkanes) is 1. The third kappa shape index (κ3) is 6.96. The molecule has 2 aromatic rings. The van der Waals surface area contributed by atoms with Crippen molar-refractivity contribution in [3.8, 4) is 0 Å². The Kier molecular flexibility index (Phi) is 7.18. The minimum atomic E-state index is -4.64. The number of carbonyl (C=O) groups excluding carboxylic acids is 1. The van der Waals surface area contributed by atoms with Gasteiger partial charge in [0.2, 0.25) is 5.13 Å². The van der Waals surface area contributed by atoms with Gasteiger partial charge in [0.05, 0.1) is 4.90 Å². The highest BCUT2D eigenvalue weighted by Gasteiger charge is 2.29. The van der Waals surface area contributed by atoms with Gasteiger partial charge in [-0.3, -0.25) is 10.0 Å². The lowest BCUT2D eigenvalue weighted by atomic mass is 10.3. The first-order valence-corrected chi connectivity index (χ1v) is 10.3. The summed E-state index contributed by atoms with van der Waals surface area (Å²) in [4.78, 5) is 11.2. The number of nitrogens with one attached hydrogen (secondary N) is 2. The number of carbonyl (C=O) groups is 1. The fourth-order valence-corrected chi connectivity index (χ4v) is 3.93. The molecule has 0 spiro atoms. The number of aryl methyl sites for hydroxylation is 1. The van der Waals surface area contributed by atoms with Gasteiger partial charge in [-0.05, 0) is 30.7 Å². The average molecular weight is 438 g/mol. The number of rotatable bonds is 8. The van der Waals surface area contributed by atoms with Gasteiger partial charge in [0.1, 0.15) is 5.01 Å². The molecule has 0 aliphatic heterocycles. The highest BCUT2D eigenvalue weighted by molar-refractivity contribution is 7.93. The van der Waals surface area contributed by atoms with E-state index in [0.717, 1.165) is 29.2 Å². The number of halogens is 3. The van der Waals surface area contributed by atoms with Crippen molar-refractivity contribution in [1.82, 2.24) is 10.2 Å². The first-order valence-electron chi connectivity index (χ1n) is 8.05. The minimum Gasteiger partial charge on any atom is -0.440 e. The molecule has 2 N–H and O–H groups in total. The number of benzene rings is 1. The molecule has 0 atom stereocenters. The molecule has 0 radical (unpaired) electrons. The number of nitrogens with zero attached hydrogens (tertiary/aromatic N) is 2. The Morgan fingerprint density at radius 3 is 2.50 bits per heavy atom. The van der Waals surface area contributed by atoms with E-state index < -0.39 is 28.9 Å². The molecule has 0 unspecified atom stereocenters. The van der Waals surface area contributed by atoms with Crippen LogP contribution in [0, 0.1) is 0 Å². The molecule has 1 aromatic carbocycles. The molecule has 0 saturated heterocycles. The van der Waals surface area contributed by atoms with E-state index in [1.165, 1.54) is 24.3 Å². The monoisotopic (exact) mass is 438 g/mol. The highest BCUT2D eigenvalue weighted by Crippen LogP contribution is 2.22. The second kappa shape index (κ2) is 9.19. The molecule has 154 valence electrons. The number of anilines is 2. The molecule has 1 amide bonds. The number of alkyl halides is 3. The third-order valence-electron chi connectivity index (χ3n) is 3.21. The zero-order valence-electron chi connectivity index (χ0n) is 14.6. The maximum atomic E-state index is 12.4. The fraction of sp³-hybridized carbons (Fsp3) is 0.400. The van der Waals surface area contributed by atoms with E-state index in [4.69, 9.17) is 0 Å². The van der Waals surface area contributed by atoms with Gasteiger partial charge in [-0.25, -0.2) is 13.2 Å². The second-order valence-electron chi connectivity index (χ2n) is 5.55. The predicted molar refractivity (Wildman–Crippen MR) is 96.8 cm³/mol. The van der Waals surface area contributed by atoms with Crippen molar-refractivity contribution in [2.45, 2.75) is 37.3 Å². The second-order valence-corrected chi connectivity index (χ2v) is 8.30. The number of ether oxygens (including phenoxy) is 1. The number of amides is 1.